The summed E-state index contributed by atoms with van der Waals surface area (Å²) in [7, 11) is 1.84. The van der Waals surface area contributed by atoms with Gasteiger partial charge >= 0.3 is 0 Å². The number of aromatic nitrogens is 1. The van der Waals surface area contributed by atoms with E-state index in [0.29, 0.717) is 24.1 Å². The van der Waals surface area contributed by atoms with E-state index in [1.54, 1.807) is 24.5 Å². The summed E-state index contributed by atoms with van der Waals surface area (Å²) in [4.78, 5) is 22.8. The normalized spacial score (nSPS) is 19.1. The van der Waals surface area contributed by atoms with Gasteiger partial charge in [0.05, 0.1) is 5.56 Å². The first-order valence-corrected chi connectivity index (χ1v) is 9.36. The van der Waals surface area contributed by atoms with E-state index in [1.165, 1.54) is 38.5 Å². The number of guanidine groups is 1. The lowest BCUT2D eigenvalue weighted by Crippen LogP contribution is -2.44. The SMILES string of the molecule is CN=C(NCCNC(=O)c1cccnc1)N1CCC2(CCCCC2)C1.I. The lowest BCUT2D eigenvalue weighted by Gasteiger charge is -2.33. The van der Waals surface area contributed by atoms with E-state index in [9.17, 15) is 4.79 Å². The minimum Gasteiger partial charge on any atom is -0.354 e. The molecule has 1 aliphatic heterocycles. The number of pyridine rings is 1. The first-order valence-electron chi connectivity index (χ1n) is 9.36. The topological polar surface area (TPSA) is 69.6 Å². The second kappa shape index (κ2) is 10.1. The third kappa shape index (κ3) is 5.31. The van der Waals surface area contributed by atoms with Crippen molar-refractivity contribution < 1.29 is 4.79 Å². The van der Waals surface area contributed by atoms with Gasteiger partial charge in [0.2, 0.25) is 0 Å². The largest absolute Gasteiger partial charge is 0.354 e. The van der Waals surface area contributed by atoms with Crippen LogP contribution in [0, 0.1) is 5.41 Å². The molecule has 0 aromatic carbocycles. The number of rotatable bonds is 4. The fourth-order valence-corrected chi connectivity index (χ4v) is 4.11. The number of aliphatic imine (C=N–C) groups is 1. The third-order valence-electron chi connectivity index (χ3n) is 5.48. The molecule has 6 nitrogen and oxygen atoms in total. The Kier molecular flexibility index (Phi) is 8.12. The zero-order valence-corrected chi connectivity index (χ0v) is 17.9. The Morgan fingerprint density at radius 3 is 2.69 bits per heavy atom. The van der Waals surface area contributed by atoms with Crippen LogP contribution in [0.3, 0.4) is 0 Å². The number of hydrogen-bond donors (Lipinski definition) is 2. The zero-order valence-electron chi connectivity index (χ0n) is 15.5. The third-order valence-corrected chi connectivity index (χ3v) is 5.48. The maximum Gasteiger partial charge on any atom is 0.252 e. The van der Waals surface area contributed by atoms with E-state index in [0.717, 1.165) is 19.0 Å². The highest BCUT2D eigenvalue weighted by Gasteiger charge is 2.39. The number of halogens is 1. The summed E-state index contributed by atoms with van der Waals surface area (Å²) in [6, 6.07) is 3.53. The van der Waals surface area contributed by atoms with Crippen LogP contribution >= 0.6 is 24.0 Å². The molecule has 2 aliphatic rings. The van der Waals surface area contributed by atoms with Gasteiger partial charge in [0.25, 0.3) is 5.91 Å². The molecule has 144 valence electrons. The van der Waals surface area contributed by atoms with Gasteiger partial charge in [0.1, 0.15) is 0 Å². The predicted molar refractivity (Wildman–Crippen MR) is 115 cm³/mol. The van der Waals surface area contributed by atoms with Crippen LogP contribution < -0.4 is 10.6 Å². The molecule has 1 saturated heterocycles. The van der Waals surface area contributed by atoms with Crippen molar-refractivity contribution >= 4 is 35.8 Å². The molecule has 1 aliphatic carbocycles. The van der Waals surface area contributed by atoms with Crippen LogP contribution in [0.25, 0.3) is 0 Å². The molecule has 0 radical (unpaired) electrons. The highest BCUT2D eigenvalue weighted by Crippen LogP contribution is 2.43. The minimum absolute atomic E-state index is 0. The van der Waals surface area contributed by atoms with E-state index in [1.807, 2.05) is 7.05 Å². The molecule has 7 heteroatoms. The molecule has 0 atom stereocenters. The Labute approximate surface area is 173 Å². The van der Waals surface area contributed by atoms with Crippen molar-refractivity contribution in [3.8, 4) is 0 Å². The fraction of sp³-hybridized carbons (Fsp3) is 0.632. The number of likely N-dealkylation sites (tertiary alicyclic amines) is 1. The van der Waals surface area contributed by atoms with Crippen LogP contribution in [0.4, 0.5) is 0 Å². The molecule has 1 spiro atoms. The minimum atomic E-state index is -0.0905. The molecule has 3 rings (SSSR count). The Hall–Kier alpha value is -1.38. The Morgan fingerprint density at radius 1 is 1.23 bits per heavy atom. The lowest BCUT2D eigenvalue weighted by molar-refractivity contribution is 0.0954. The first kappa shape index (κ1) is 20.9. The Balaban J connectivity index is 0.00000243. The summed E-state index contributed by atoms with van der Waals surface area (Å²) in [5, 5.41) is 6.30. The fourth-order valence-electron chi connectivity index (χ4n) is 4.11. The second-order valence-electron chi connectivity index (χ2n) is 7.20. The van der Waals surface area contributed by atoms with Gasteiger partial charge in [0, 0.05) is 45.6 Å². The van der Waals surface area contributed by atoms with Crippen LogP contribution in [-0.4, -0.2) is 55.0 Å². The molecule has 1 saturated carbocycles. The van der Waals surface area contributed by atoms with Crippen LogP contribution in [0.5, 0.6) is 0 Å². The molecule has 26 heavy (non-hydrogen) atoms. The maximum absolute atomic E-state index is 12.0. The quantitative estimate of drug-likeness (QED) is 0.307. The van der Waals surface area contributed by atoms with Gasteiger partial charge in [0.15, 0.2) is 5.96 Å². The Bertz CT molecular complexity index is 601. The zero-order chi connectivity index (χ0) is 17.5. The van der Waals surface area contributed by atoms with Crippen molar-refractivity contribution in [3.05, 3.63) is 30.1 Å². The summed E-state index contributed by atoms with van der Waals surface area (Å²) in [5.41, 5.74) is 1.11. The van der Waals surface area contributed by atoms with Gasteiger partial charge in [-0.2, -0.15) is 0 Å². The van der Waals surface area contributed by atoms with Crippen molar-refractivity contribution in [1.82, 2.24) is 20.5 Å². The number of nitrogens with one attached hydrogen (secondary N) is 2. The molecule has 1 aromatic heterocycles. The molecular weight excluding hydrogens is 441 g/mol. The van der Waals surface area contributed by atoms with Gasteiger partial charge in [-0.3, -0.25) is 14.8 Å². The van der Waals surface area contributed by atoms with Crippen LogP contribution in [0.1, 0.15) is 48.9 Å². The van der Waals surface area contributed by atoms with E-state index < -0.39 is 0 Å². The second-order valence-corrected chi connectivity index (χ2v) is 7.20. The highest BCUT2D eigenvalue weighted by molar-refractivity contribution is 14.0. The van der Waals surface area contributed by atoms with Crippen molar-refractivity contribution in [2.75, 3.05) is 33.2 Å². The average molecular weight is 471 g/mol. The number of nitrogens with zero attached hydrogens (tertiary/aromatic N) is 3. The first-order chi connectivity index (χ1) is 12.2. The number of carbonyl (C=O) groups excluding carboxylic acids is 1. The summed E-state index contributed by atoms with van der Waals surface area (Å²) in [6.07, 6.45) is 11.4. The van der Waals surface area contributed by atoms with E-state index >= 15 is 0 Å². The number of carbonyl (C=O) groups is 1. The molecule has 1 amide bonds. The van der Waals surface area contributed by atoms with Gasteiger partial charge < -0.3 is 15.5 Å². The summed E-state index contributed by atoms with van der Waals surface area (Å²) < 4.78 is 0. The highest BCUT2D eigenvalue weighted by atomic mass is 127. The van der Waals surface area contributed by atoms with Crippen LogP contribution in [-0.2, 0) is 0 Å². The number of hydrogen-bond acceptors (Lipinski definition) is 3. The van der Waals surface area contributed by atoms with Crippen molar-refractivity contribution in [3.63, 3.8) is 0 Å². The van der Waals surface area contributed by atoms with Gasteiger partial charge in [-0.05, 0) is 36.8 Å². The summed E-state index contributed by atoms with van der Waals surface area (Å²) in [5.74, 6) is 0.866. The summed E-state index contributed by atoms with van der Waals surface area (Å²) in [6.45, 7) is 3.43. The average Bonchev–Trinajstić information content (AvgIpc) is 3.06. The van der Waals surface area contributed by atoms with Gasteiger partial charge in [-0.1, -0.05) is 19.3 Å². The van der Waals surface area contributed by atoms with Crippen molar-refractivity contribution in [2.24, 2.45) is 10.4 Å². The molecule has 0 unspecified atom stereocenters. The van der Waals surface area contributed by atoms with Crippen molar-refractivity contribution in [1.29, 1.82) is 0 Å². The Morgan fingerprint density at radius 2 is 2.00 bits per heavy atom. The van der Waals surface area contributed by atoms with Gasteiger partial charge in [-0.25, -0.2) is 0 Å². The lowest BCUT2D eigenvalue weighted by atomic mass is 9.73. The molecule has 2 N–H and O–H groups in total. The monoisotopic (exact) mass is 471 g/mol. The standard InChI is InChI=1S/C19H29N5O.HI/c1-20-18(24-13-9-19(15-24)7-3-2-4-8-19)23-12-11-22-17(25)16-6-5-10-21-14-16;/h5-6,10,14H,2-4,7-9,11-13,15H2,1H3,(H,20,23)(H,22,25);1H. The summed E-state index contributed by atoms with van der Waals surface area (Å²) >= 11 is 0. The van der Waals surface area contributed by atoms with Crippen LogP contribution in [0.2, 0.25) is 0 Å². The smallest absolute Gasteiger partial charge is 0.252 e. The molecule has 2 heterocycles. The van der Waals surface area contributed by atoms with E-state index in [4.69, 9.17) is 0 Å². The molecule has 0 bridgehead atoms. The van der Waals surface area contributed by atoms with Crippen molar-refractivity contribution in [2.45, 2.75) is 38.5 Å². The number of amides is 1. The van der Waals surface area contributed by atoms with E-state index in [-0.39, 0.29) is 29.9 Å². The predicted octanol–water partition coefficient (Wildman–Crippen LogP) is 2.66. The molecule has 2 fully saturated rings. The molecular formula is C19H30IN5O. The molecule has 1 aromatic rings. The van der Waals surface area contributed by atoms with Crippen LogP contribution in [0.15, 0.2) is 29.5 Å². The maximum atomic E-state index is 12.0. The van der Waals surface area contributed by atoms with Gasteiger partial charge in [-0.15, -0.1) is 24.0 Å². The van der Waals surface area contributed by atoms with E-state index in [2.05, 4.69) is 25.5 Å².